The molecule has 0 bridgehead atoms. The standard InChI is InChI=1S/C12H18N4/c1-9-4-11(7-13-5-9)16-8-14-6-10-2-3-15-12(10)16/h2-3,6,9,11,13,15H,4-5,7-8H2,1H3/t9-,11-/m1/s1. The minimum atomic E-state index is 0.568. The third-order valence-electron chi connectivity index (χ3n) is 3.50. The summed E-state index contributed by atoms with van der Waals surface area (Å²) in [6, 6.07) is 2.66. The molecule has 0 saturated carbocycles. The zero-order valence-corrected chi connectivity index (χ0v) is 9.61. The molecule has 16 heavy (non-hydrogen) atoms. The van der Waals surface area contributed by atoms with E-state index in [1.165, 1.54) is 17.8 Å². The molecular weight excluding hydrogens is 200 g/mol. The number of aromatic nitrogens is 1. The quantitative estimate of drug-likeness (QED) is 0.744. The molecule has 1 saturated heterocycles. The van der Waals surface area contributed by atoms with E-state index < -0.39 is 0 Å². The number of hydrogen-bond donors (Lipinski definition) is 2. The molecule has 0 spiro atoms. The summed E-state index contributed by atoms with van der Waals surface area (Å²) in [5.41, 5.74) is 1.21. The van der Waals surface area contributed by atoms with Gasteiger partial charge in [0.15, 0.2) is 0 Å². The summed E-state index contributed by atoms with van der Waals surface area (Å²) in [6.07, 6.45) is 5.21. The van der Waals surface area contributed by atoms with Gasteiger partial charge in [-0.05, 0) is 24.9 Å². The fraction of sp³-hybridized carbons (Fsp3) is 0.583. The number of nitrogens with one attached hydrogen (secondary N) is 2. The van der Waals surface area contributed by atoms with Crippen LogP contribution in [0.25, 0.3) is 0 Å². The van der Waals surface area contributed by atoms with E-state index in [2.05, 4.69) is 33.2 Å². The van der Waals surface area contributed by atoms with Crippen LogP contribution in [0.15, 0.2) is 17.3 Å². The lowest BCUT2D eigenvalue weighted by molar-refractivity contribution is 0.348. The van der Waals surface area contributed by atoms with Crippen LogP contribution in [0.2, 0.25) is 0 Å². The zero-order valence-electron chi connectivity index (χ0n) is 9.61. The zero-order chi connectivity index (χ0) is 11.0. The van der Waals surface area contributed by atoms with Crippen molar-refractivity contribution < 1.29 is 0 Å². The number of aliphatic imine (C=N–C) groups is 1. The van der Waals surface area contributed by atoms with E-state index in [9.17, 15) is 0 Å². The number of anilines is 1. The number of rotatable bonds is 1. The van der Waals surface area contributed by atoms with Crippen LogP contribution in [0, 0.1) is 5.92 Å². The molecular formula is C12H18N4. The Morgan fingerprint density at radius 1 is 1.44 bits per heavy atom. The molecule has 3 heterocycles. The van der Waals surface area contributed by atoms with Crippen LogP contribution in [-0.2, 0) is 0 Å². The average Bonchev–Trinajstić information content (AvgIpc) is 2.76. The first-order valence-electron chi connectivity index (χ1n) is 5.99. The predicted molar refractivity (Wildman–Crippen MR) is 66.2 cm³/mol. The van der Waals surface area contributed by atoms with E-state index in [0.29, 0.717) is 6.04 Å². The number of fused-ring (bicyclic) bond motifs is 1. The Kier molecular flexibility index (Phi) is 2.44. The van der Waals surface area contributed by atoms with Gasteiger partial charge in [-0.15, -0.1) is 0 Å². The summed E-state index contributed by atoms with van der Waals surface area (Å²) in [7, 11) is 0. The van der Waals surface area contributed by atoms with Gasteiger partial charge in [-0.3, -0.25) is 4.99 Å². The Balaban J connectivity index is 1.83. The van der Waals surface area contributed by atoms with Crippen LogP contribution in [0.5, 0.6) is 0 Å². The number of nitrogens with zero attached hydrogens (tertiary/aromatic N) is 2. The van der Waals surface area contributed by atoms with Crippen molar-refractivity contribution in [2.75, 3.05) is 24.7 Å². The summed E-state index contributed by atoms with van der Waals surface area (Å²) in [5, 5.41) is 3.50. The smallest absolute Gasteiger partial charge is 0.116 e. The van der Waals surface area contributed by atoms with E-state index in [4.69, 9.17) is 0 Å². The molecule has 0 amide bonds. The second kappa shape index (κ2) is 3.94. The van der Waals surface area contributed by atoms with Crippen molar-refractivity contribution in [3.63, 3.8) is 0 Å². The van der Waals surface area contributed by atoms with E-state index in [1.807, 2.05) is 12.4 Å². The van der Waals surface area contributed by atoms with Crippen molar-refractivity contribution in [1.29, 1.82) is 0 Å². The van der Waals surface area contributed by atoms with Crippen LogP contribution in [-0.4, -0.2) is 37.0 Å². The SMILES string of the molecule is C[C@H]1CNC[C@H](N2CN=Cc3cc[nH]c32)C1. The number of H-pyrrole nitrogens is 1. The fourth-order valence-corrected chi connectivity index (χ4v) is 2.69. The van der Waals surface area contributed by atoms with Crippen LogP contribution < -0.4 is 10.2 Å². The first-order chi connectivity index (χ1) is 7.84. The van der Waals surface area contributed by atoms with Gasteiger partial charge in [0.1, 0.15) is 12.5 Å². The van der Waals surface area contributed by atoms with Gasteiger partial charge >= 0.3 is 0 Å². The van der Waals surface area contributed by atoms with Crippen molar-refractivity contribution in [1.82, 2.24) is 10.3 Å². The molecule has 1 aromatic rings. The van der Waals surface area contributed by atoms with Crippen LogP contribution in [0.1, 0.15) is 18.9 Å². The third kappa shape index (κ3) is 1.63. The van der Waals surface area contributed by atoms with Gasteiger partial charge in [0.25, 0.3) is 0 Å². The predicted octanol–water partition coefficient (Wildman–Crippen LogP) is 1.21. The minimum absolute atomic E-state index is 0.568. The lowest BCUT2D eigenvalue weighted by Gasteiger charge is -2.38. The topological polar surface area (TPSA) is 43.4 Å². The molecule has 2 N–H and O–H groups in total. The van der Waals surface area contributed by atoms with E-state index in [1.54, 1.807) is 0 Å². The molecule has 2 aliphatic rings. The lowest BCUT2D eigenvalue weighted by Crippen LogP contribution is -2.49. The number of hydrogen-bond acceptors (Lipinski definition) is 3. The molecule has 1 fully saturated rings. The summed E-state index contributed by atoms with van der Waals surface area (Å²) in [4.78, 5) is 10.1. The first kappa shape index (κ1) is 9.90. The number of piperidine rings is 1. The highest BCUT2D eigenvalue weighted by atomic mass is 15.3. The van der Waals surface area contributed by atoms with Crippen molar-refractivity contribution in [2.24, 2.45) is 10.9 Å². The van der Waals surface area contributed by atoms with E-state index >= 15 is 0 Å². The molecule has 4 nitrogen and oxygen atoms in total. The molecule has 0 aromatic carbocycles. The van der Waals surface area contributed by atoms with Crippen molar-refractivity contribution in [2.45, 2.75) is 19.4 Å². The Bertz CT molecular complexity index is 395. The van der Waals surface area contributed by atoms with Gasteiger partial charge in [-0.1, -0.05) is 6.92 Å². The maximum absolute atomic E-state index is 4.43. The molecule has 0 unspecified atom stereocenters. The van der Waals surface area contributed by atoms with Gasteiger partial charge in [0, 0.05) is 30.6 Å². The van der Waals surface area contributed by atoms with Crippen molar-refractivity contribution in [3.05, 3.63) is 17.8 Å². The highest BCUT2D eigenvalue weighted by molar-refractivity contribution is 5.88. The van der Waals surface area contributed by atoms with Crippen molar-refractivity contribution >= 4 is 12.0 Å². The molecule has 2 atom stereocenters. The molecule has 0 aliphatic carbocycles. The maximum Gasteiger partial charge on any atom is 0.116 e. The lowest BCUT2D eigenvalue weighted by atomic mass is 9.96. The summed E-state index contributed by atoms with van der Waals surface area (Å²) >= 11 is 0. The molecule has 86 valence electrons. The highest BCUT2D eigenvalue weighted by Gasteiger charge is 2.27. The van der Waals surface area contributed by atoms with Crippen LogP contribution >= 0.6 is 0 Å². The molecule has 1 aromatic heterocycles. The highest BCUT2D eigenvalue weighted by Crippen LogP contribution is 2.26. The summed E-state index contributed by atoms with van der Waals surface area (Å²) in [5.74, 6) is 1.99. The number of aromatic amines is 1. The Hall–Kier alpha value is -1.29. The van der Waals surface area contributed by atoms with Gasteiger partial charge in [0.2, 0.25) is 0 Å². The van der Waals surface area contributed by atoms with E-state index in [-0.39, 0.29) is 0 Å². The Morgan fingerprint density at radius 3 is 3.25 bits per heavy atom. The fourth-order valence-electron chi connectivity index (χ4n) is 2.69. The molecule has 2 aliphatic heterocycles. The summed E-state index contributed by atoms with van der Waals surface area (Å²) in [6.45, 7) is 5.30. The second-order valence-electron chi connectivity index (χ2n) is 4.86. The average molecular weight is 218 g/mol. The van der Waals surface area contributed by atoms with Crippen LogP contribution in [0.3, 0.4) is 0 Å². The van der Waals surface area contributed by atoms with Gasteiger partial charge in [-0.25, -0.2) is 0 Å². The molecule has 3 rings (SSSR count). The molecule has 0 radical (unpaired) electrons. The Labute approximate surface area is 95.8 Å². The normalized spacial score (nSPS) is 29.2. The maximum atomic E-state index is 4.43. The van der Waals surface area contributed by atoms with E-state index in [0.717, 1.165) is 25.7 Å². The third-order valence-corrected chi connectivity index (χ3v) is 3.50. The largest absolute Gasteiger partial charge is 0.348 e. The first-order valence-corrected chi connectivity index (χ1v) is 5.99. The monoisotopic (exact) mass is 218 g/mol. The molecule has 4 heteroatoms. The summed E-state index contributed by atoms with van der Waals surface area (Å²) < 4.78 is 0. The second-order valence-corrected chi connectivity index (χ2v) is 4.86. The van der Waals surface area contributed by atoms with Crippen molar-refractivity contribution in [3.8, 4) is 0 Å². The van der Waals surface area contributed by atoms with Gasteiger partial charge in [-0.2, -0.15) is 0 Å². The van der Waals surface area contributed by atoms with Gasteiger partial charge < -0.3 is 15.2 Å². The van der Waals surface area contributed by atoms with Crippen LogP contribution in [0.4, 0.5) is 5.82 Å². The minimum Gasteiger partial charge on any atom is -0.348 e. The van der Waals surface area contributed by atoms with Gasteiger partial charge in [0.05, 0.1) is 0 Å². The Morgan fingerprint density at radius 2 is 2.38 bits per heavy atom.